The van der Waals surface area contributed by atoms with Gasteiger partial charge in [0.15, 0.2) is 0 Å². The summed E-state index contributed by atoms with van der Waals surface area (Å²) in [4.78, 5) is 10.5. The number of rotatable bonds is 7. The minimum atomic E-state index is -0.430. The van der Waals surface area contributed by atoms with Gasteiger partial charge < -0.3 is 21.2 Å². The molecule has 2 heterocycles. The molecule has 30 heavy (non-hydrogen) atoms. The molecule has 9 heteroatoms. The molecule has 2 aromatic rings. The topological polar surface area (TPSA) is 100 Å². The van der Waals surface area contributed by atoms with Crippen LogP contribution in [0.3, 0.4) is 0 Å². The molecule has 1 aliphatic rings. The molecule has 3 rings (SSSR count). The van der Waals surface area contributed by atoms with Gasteiger partial charge in [0, 0.05) is 41.9 Å². The third-order valence-electron chi connectivity index (χ3n) is 5.56. The number of nitrogens with zero attached hydrogens (tertiary/aromatic N) is 3. The van der Waals surface area contributed by atoms with Crippen LogP contribution in [-0.2, 0) is 0 Å². The number of hydrogen-bond acceptors (Lipinski definition) is 7. The average Bonchev–Trinajstić information content (AvgIpc) is 2.63. The lowest BCUT2D eigenvalue weighted by molar-refractivity contribution is 0.106. The third-order valence-corrected chi connectivity index (χ3v) is 5.83. The summed E-state index contributed by atoms with van der Waals surface area (Å²) in [5.74, 6) is 0.725. The Bertz CT molecular complexity index is 961. The molecule has 0 bridgehead atoms. The van der Waals surface area contributed by atoms with Gasteiger partial charge in [-0.2, -0.15) is 0 Å². The van der Waals surface area contributed by atoms with E-state index in [-0.39, 0.29) is 28.5 Å². The number of nitrogens with two attached hydrogens (primary N) is 1. The van der Waals surface area contributed by atoms with Crippen LogP contribution < -0.4 is 15.8 Å². The van der Waals surface area contributed by atoms with Crippen molar-refractivity contribution in [3.63, 3.8) is 0 Å². The summed E-state index contributed by atoms with van der Waals surface area (Å²) in [7, 11) is 1.54. The van der Waals surface area contributed by atoms with Crippen LogP contribution in [0.25, 0.3) is 0 Å². The lowest BCUT2D eigenvalue weighted by Gasteiger charge is -2.43. The van der Waals surface area contributed by atoms with Crippen LogP contribution in [0.15, 0.2) is 12.4 Å². The smallest absolute Gasteiger partial charge is 0.149 e. The lowest BCUT2D eigenvalue weighted by atomic mass is 9.87. The Labute approximate surface area is 181 Å². The van der Waals surface area contributed by atoms with Gasteiger partial charge in [-0.15, -0.1) is 0 Å². The van der Waals surface area contributed by atoms with Gasteiger partial charge in [-0.25, -0.2) is 14.4 Å². The highest BCUT2D eigenvalue weighted by molar-refractivity contribution is 6.31. The van der Waals surface area contributed by atoms with Crippen molar-refractivity contribution >= 4 is 28.9 Å². The van der Waals surface area contributed by atoms with Crippen LogP contribution in [0.5, 0.6) is 5.75 Å². The first kappa shape index (κ1) is 22.2. The Hall–Kier alpha value is -2.45. The number of aromatic nitrogens is 2. The van der Waals surface area contributed by atoms with E-state index in [1.165, 1.54) is 13.4 Å². The predicted octanol–water partition coefficient (Wildman–Crippen LogP) is 4.23. The van der Waals surface area contributed by atoms with Gasteiger partial charge >= 0.3 is 0 Å². The van der Waals surface area contributed by atoms with Crippen molar-refractivity contribution < 1.29 is 9.13 Å². The molecule has 1 unspecified atom stereocenters. The van der Waals surface area contributed by atoms with Crippen LogP contribution in [0.2, 0.25) is 5.02 Å². The molecule has 162 valence electrons. The first-order valence-corrected chi connectivity index (χ1v) is 10.3. The van der Waals surface area contributed by atoms with E-state index in [4.69, 9.17) is 27.5 Å². The number of benzene rings is 1. The molecular formula is C21H28ClFN6O. The molecule has 0 spiro atoms. The van der Waals surface area contributed by atoms with Crippen LogP contribution >= 0.6 is 11.6 Å². The van der Waals surface area contributed by atoms with Crippen molar-refractivity contribution in [2.24, 2.45) is 0 Å². The summed E-state index contributed by atoms with van der Waals surface area (Å²) >= 11 is 6.27. The fraction of sp³-hybridized carbons (Fsp3) is 0.476. The first-order chi connectivity index (χ1) is 14.1. The number of ether oxygens (including phenoxy) is 1. The van der Waals surface area contributed by atoms with E-state index in [9.17, 15) is 0 Å². The average molecular weight is 435 g/mol. The Morgan fingerprint density at radius 2 is 2.03 bits per heavy atom. The molecule has 0 saturated carbocycles. The van der Waals surface area contributed by atoms with Crippen molar-refractivity contribution in [2.75, 3.05) is 31.2 Å². The SMILES string of the molecule is COc1c(C(C)Nc2ncnc(N)c2C(C)=N)cc(Cl)c(F)c1C1CN(C(C)C)C1. The standard InChI is InChI=1S/C21H28ClFN6O/c1-10(2)29-7-13(8-29)17-18(23)15(22)6-14(19(17)30-5)12(4)28-21-16(11(3)24)20(25)26-9-27-21/h6,9-10,12-13,24H,7-8H2,1-5H3,(H3,25,26,27,28). The molecule has 1 saturated heterocycles. The summed E-state index contributed by atoms with van der Waals surface area (Å²) in [6.45, 7) is 9.27. The number of nitrogen functional groups attached to an aromatic ring is 1. The molecule has 1 aliphatic heterocycles. The van der Waals surface area contributed by atoms with Crippen molar-refractivity contribution in [1.29, 1.82) is 5.41 Å². The first-order valence-electron chi connectivity index (χ1n) is 9.88. The maximum atomic E-state index is 15.0. The maximum absolute atomic E-state index is 15.0. The number of hydrogen-bond donors (Lipinski definition) is 3. The second-order valence-electron chi connectivity index (χ2n) is 7.93. The van der Waals surface area contributed by atoms with Gasteiger partial charge in [0.1, 0.15) is 29.5 Å². The molecule has 7 nitrogen and oxygen atoms in total. The van der Waals surface area contributed by atoms with Crippen LogP contribution in [0.4, 0.5) is 16.0 Å². The molecule has 0 radical (unpaired) electrons. The molecule has 0 amide bonds. The summed E-state index contributed by atoms with van der Waals surface area (Å²) in [6.07, 6.45) is 1.34. The fourth-order valence-corrected chi connectivity index (χ4v) is 4.06. The number of anilines is 2. The third kappa shape index (κ3) is 4.06. The lowest BCUT2D eigenvalue weighted by Crippen LogP contribution is -2.49. The van der Waals surface area contributed by atoms with Gasteiger partial charge in [-0.1, -0.05) is 11.6 Å². The quantitative estimate of drug-likeness (QED) is 0.564. The fourth-order valence-electron chi connectivity index (χ4n) is 3.84. The van der Waals surface area contributed by atoms with Crippen molar-refractivity contribution in [3.05, 3.63) is 39.9 Å². The minimum absolute atomic E-state index is 0.0149. The second kappa shape index (κ2) is 8.73. The maximum Gasteiger partial charge on any atom is 0.149 e. The largest absolute Gasteiger partial charge is 0.496 e. The molecule has 4 N–H and O–H groups in total. The molecule has 1 atom stereocenters. The molecule has 1 fully saturated rings. The predicted molar refractivity (Wildman–Crippen MR) is 118 cm³/mol. The highest BCUT2D eigenvalue weighted by Gasteiger charge is 2.36. The summed E-state index contributed by atoms with van der Waals surface area (Å²) < 4.78 is 20.7. The molecule has 0 aliphatic carbocycles. The monoisotopic (exact) mass is 434 g/mol. The molecular weight excluding hydrogens is 407 g/mol. The van der Waals surface area contributed by atoms with Gasteiger partial charge in [0.05, 0.1) is 23.7 Å². The van der Waals surface area contributed by atoms with E-state index in [1.807, 2.05) is 6.92 Å². The Kier molecular flexibility index (Phi) is 6.47. The van der Waals surface area contributed by atoms with Crippen molar-refractivity contribution in [3.8, 4) is 5.75 Å². The Balaban J connectivity index is 1.99. The molecule has 1 aromatic carbocycles. The van der Waals surface area contributed by atoms with E-state index in [1.54, 1.807) is 13.0 Å². The van der Waals surface area contributed by atoms with Gasteiger partial charge in [-0.05, 0) is 33.8 Å². The number of nitrogens with one attached hydrogen (secondary N) is 2. The van der Waals surface area contributed by atoms with Gasteiger partial charge in [-0.3, -0.25) is 4.90 Å². The van der Waals surface area contributed by atoms with Crippen LogP contribution in [-0.4, -0.2) is 46.8 Å². The number of methoxy groups -OCH3 is 1. The van der Waals surface area contributed by atoms with E-state index in [0.717, 1.165) is 13.1 Å². The molecule has 1 aromatic heterocycles. The highest BCUT2D eigenvalue weighted by atomic mass is 35.5. The normalized spacial score (nSPS) is 15.7. The van der Waals surface area contributed by atoms with Crippen molar-refractivity contribution in [1.82, 2.24) is 14.9 Å². The van der Waals surface area contributed by atoms with E-state index >= 15 is 4.39 Å². The summed E-state index contributed by atoms with van der Waals surface area (Å²) in [5, 5.41) is 11.3. The zero-order valence-corrected chi connectivity index (χ0v) is 18.6. The van der Waals surface area contributed by atoms with Crippen molar-refractivity contribution in [2.45, 2.75) is 45.7 Å². The van der Waals surface area contributed by atoms with Gasteiger partial charge in [0.2, 0.25) is 0 Å². The zero-order chi connectivity index (χ0) is 22.2. The van der Waals surface area contributed by atoms with E-state index in [2.05, 4.69) is 34.0 Å². The van der Waals surface area contributed by atoms with Crippen LogP contribution in [0, 0.1) is 11.2 Å². The van der Waals surface area contributed by atoms with Crippen LogP contribution in [0.1, 0.15) is 56.3 Å². The number of likely N-dealkylation sites (tertiary alicyclic amines) is 1. The summed E-state index contributed by atoms with van der Waals surface area (Å²) in [6, 6.07) is 1.66. The Morgan fingerprint density at radius 3 is 2.60 bits per heavy atom. The minimum Gasteiger partial charge on any atom is -0.496 e. The number of halogens is 2. The zero-order valence-electron chi connectivity index (χ0n) is 17.9. The highest BCUT2D eigenvalue weighted by Crippen LogP contribution is 2.43. The van der Waals surface area contributed by atoms with E-state index in [0.29, 0.717) is 34.3 Å². The van der Waals surface area contributed by atoms with Gasteiger partial charge in [0.25, 0.3) is 0 Å². The Morgan fingerprint density at radius 1 is 1.37 bits per heavy atom. The van der Waals surface area contributed by atoms with E-state index < -0.39 is 5.82 Å². The summed E-state index contributed by atoms with van der Waals surface area (Å²) in [5.41, 5.74) is 7.84. The second-order valence-corrected chi connectivity index (χ2v) is 8.33.